The van der Waals surface area contributed by atoms with Crippen LogP contribution in [0.5, 0.6) is 0 Å². The summed E-state index contributed by atoms with van der Waals surface area (Å²) in [5.41, 5.74) is 3.71. The summed E-state index contributed by atoms with van der Waals surface area (Å²) in [6.45, 7) is 0.751. The Morgan fingerprint density at radius 3 is 3.00 bits per heavy atom. The van der Waals surface area contributed by atoms with Crippen LogP contribution in [-0.2, 0) is 22.4 Å². The summed E-state index contributed by atoms with van der Waals surface area (Å²) in [6, 6.07) is 6.10. The smallest absolute Gasteiger partial charge is 0.241 e. The normalized spacial score (nSPS) is 25.2. The van der Waals surface area contributed by atoms with Gasteiger partial charge >= 0.3 is 0 Å². The number of anilines is 1. The molecule has 1 saturated heterocycles. The summed E-state index contributed by atoms with van der Waals surface area (Å²) in [6.07, 6.45) is 5.57. The molecule has 1 aromatic carbocycles. The second-order valence-electron chi connectivity index (χ2n) is 5.69. The number of hydrogen-bond donors (Lipinski definition) is 2. The predicted molar refractivity (Wildman–Crippen MR) is 78.9 cm³/mol. The predicted octanol–water partition coefficient (Wildman–Crippen LogP) is 1.88. The number of amides is 1. The molecule has 1 aliphatic carbocycles. The molecule has 1 aliphatic heterocycles. The minimum Gasteiger partial charge on any atom is -0.380 e. The third kappa shape index (κ3) is 2.72. The molecule has 2 unspecified atom stereocenters. The first-order chi connectivity index (χ1) is 9.78. The highest BCUT2D eigenvalue weighted by molar-refractivity contribution is 5.96. The van der Waals surface area contributed by atoms with Gasteiger partial charge in [0.2, 0.25) is 5.91 Å². The quantitative estimate of drug-likeness (QED) is 0.885. The molecule has 2 N–H and O–H groups in total. The Balaban J connectivity index is 1.70. The number of nitrogens with one attached hydrogen (secondary N) is 2. The van der Waals surface area contributed by atoms with Crippen LogP contribution < -0.4 is 10.6 Å². The van der Waals surface area contributed by atoms with Gasteiger partial charge in [0.15, 0.2) is 0 Å². The van der Waals surface area contributed by atoms with Gasteiger partial charge in [-0.05, 0) is 49.3 Å². The van der Waals surface area contributed by atoms with E-state index in [-0.39, 0.29) is 18.1 Å². The van der Waals surface area contributed by atoms with Gasteiger partial charge in [-0.1, -0.05) is 12.1 Å². The summed E-state index contributed by atoms with van der Waals surface area (Å²) in [5, 5.41) is 6.32. The van der Waals surface area contributed by atoms with E-state index in [4.69, 9.17) is 4.74 Å². The molecular formula is C16H22N2O2. The third-order valence-corrected chi connectivity index (χ3v) is 4.39. The highest BCUT2D eigenvalue weighted by Gasteiger charge is 2.29. The highest BCUT2D eigenvalue weighted by Crippen LogP contribution is 2.28. The minimum absolute atomic E-state index is 0.0588. The van der Waals surface area contributed by atoms with Gasteiger partial charge < -0.3 is 15.4 Å². The van der Waals surface area contributed by atoms with Crippen LogP contribution in [0.2, 0.25) is 0 Å². The largest absolute Gasteiger partial charge is 0.380 e. The molecular weight excluding hydrogens is 252 g/mol. The average molecular weight is 274 g/mol. The first kappa shape index (κ1) is 13.6. The average Bonchev–Trinajstić information content (AvgIpc) is 2.97. The zero-order chi connectivity index (χ0) is 13.9. The van der Waals surface area contributed by atoms with E-state index in [1.807, 2.05) is 12.1 Å². The SMILES string of the molecule is COC1CNC(C(=O)Nc2cccc3c2CCCC3)C1. The number of hydrogen-bond acceptors (Lipinski definition) is 3. The Morgan fingerprint density at radius 1 is 1.35 bits per heavy atom. The molecule has 2 atom stereocenters. The van der Waals surface area contributed by atoms with E-state index >= 15 is 0 Å². The number of carbonyl (C=O) groups is 1. The van der Waals surface area contributed by atoms with Crippen LogP contribution in [0.1, 0.15) is 30.4 Å². The molecule has 2 aliphatic rings. The maximum Gasteiger partial charge on any atom is 0.241 e. The van der Waals surface area contributed by atoms with Crippen molar-refractivity contribution in [1.82, 2.24) is 5.32 Å². The Hall–Kier alpha value is -1.39. The van der Waals surface area contributed by atoms with E-state index in [0.29, 0.717) is 0 Å². The standard InChI is InChI=1S/C16H22N2O2/c1-20-12-9-15(17-10-12)16(19)18-14-8-4-6-11-5-2-3-7-13(11)14/h4,6,8,12,15,17H,2-3,5,7,9-10H2,1H3,(H,18,19). The zero-order valence-electron chi connectivity index (χ0n) is 11.9. The molecule has 0 saturated carbocycles. The molecule has 1 fully saturated rings. The van der Waals surface area contributed by atoms with Crippen molar-refractivity contribution >= 4 is 11.6 Å². The zero-order valence-corrected chi connectivity index (χ0v) is 11.9. The van der Waals surface area contributed by atoms with Crippen LogP contribution in [0.25, 0.3) is 0 Å². The Bertz CT molecular complexity index is 501. The van der Waals surface area contributed by atoms with Crippen LogP contribution in [-0.4, -0.2) is 31.7 Å². The molecule has 4 heteroatoms. The summed E-state index contributed by atoms with van der Waals surface area (Å²) < 4.78 is 5.29. The molecule has 1 heterocycles. The number of benzene rings is 1. The fourth-order valence-corrected chi connectivity index (χ4v) is 3.20. The number of ether oxygens (including phenoxy) is 1. The lowest BCUT2D eigenvalue weighted by molar-refractivity contribution is -0.118. The number of fused-ring (bicyclic) bond motifs is 1. The summed E-state index contributed by atoms with van der Waals surface area (Å²) in [7, 11) is 1.69. The van der Waals surface area contributed by atoms with E-state index in [1.165, 1.54) is 24.0 Å². The molecule has 20 heavy (non-hydrogen) atoms. The molecule has 0 bridgehead atoms. The summed E-state index contributed by atoms with van der Waals surface area (Å²) >= 11 is 0. The van der Waals surface area contributed by atoms with E-state index in [0.717, 1.165) is 31.5 Å². The molecule has 4 nitrogen and oxygen atoms in total. The van der Waals surface area contributed by atoms with Gasteiger partial charge in [-0.15, -0.1) is 0 Å². The Labute approximate surface area is 119 Å². The van der Waals surface area contributed by atoms with Crippen molar-refractivity contribution in [2.45, 2.75) is 44.2 Å². The van der Waals surface area contributed by atoms with Gasteiger partial charge in [-0.25, -0.2) is 0 Å². The van der Waals surface area contributed by atoms with Gasteiger partial charge in [-0.2, -0.15) is 0 Å². The number of aryl methyl sites for hydroxylation is 1. The lowest BCUT2D eigenvalue weighted by atomic mass is 9.90. The first-order valence-corrected chi connectivity index (χ1v) is 7.45. The van der Waals surface area contributed by atoms with Gasteiger partial charge in [0, 0.05) is 19.3 Å². The van der Waals surface area contributed by atoms with Crippen LogP contribution in [0.3, 0.4) is 0 Å². The first-order valence-electron chi connectivity index (χ1n) is 7.45. The van der Waals surface area contributed by atoms with Crippen LogP contribution in [0, 0.1) is 0 Å². The van der Waals surface area contributed by atoms with Gasteiger partial charge in [0.1, 0.15) is 0 Å². The molecule has 1 aromatic rings. The second-order valence-corrected chi connectivity index (χ2v) is 5.69. The van der Waals surface area contributed by atoms with Crippen molar-refractivity contribution in [2.24, 2.45) is 0 Å². The molecule has 3 rings (SSSR count). The fourth-order valence-electron chi connectivity index (χ4n) is 3.20. The van der Waals surface area contributed by atoms with Crippen molar-refractivity contribution < 1.29 is 9.53 Å². The number of carbonyl (C=O) groups excluding carboxylic acids is 1. The van der Waals surface area contributed by atoms with Gasteiger partial charge in [0.05, 0.1) is 12.1 Å². The summed E-state index contributed by atoms with van der Waals surface area (Å²) in [5.74, 6) is 0.0588. The van der Waals surface area contributed by atoms with Crippen LogP contribution in [0.4, 0.5) is 5.69 Å². The lowest BCUT2D eigenvalue weighted by Gasteiger charge is -2.20. The van der Waals surface area contributed by atoms with Gasteiger partial charge in [-0.3, -0.25) is 4.79 Å². The monoisotopic (exact) mass is 274 g/mol. The molecule has 0 radical (unpaired) electrons. The van der Waals surface area contributed by atoms with E-state index in [1.54, 1.807) is 7.11 Å². The van der Waals surface area contributed by atoms with Crippen molar-refractivity contribution in [3.05, 3.63) is 29.3 Å². The Morgan fingerprint density at radius 2 is 2.20 bits per heavy atom. The van der Waals surface area contributed by atoms with Crippen molar-refractivity contribution in [3.8, 4) is 0 Å². The minimum atomic E-state index is -0.139. The van der Waals surface area contributed by atoms with Crippen molar-refractivity contribution in [3.63, 3.8) is 0 Å². The topological polar surface area (TPSA) is 50.4 Å². The Kier molecular flexibility index (Phi) is 4.03. The van der Waals surface area contributed by atoms with E-state index in [9.17, 15) is 4.79 Å². The molecule has 0 spiro atoms. The lowest BCUT2D eigenvalue weighted by Crippen LogP contribution is -2.35. The van der Waals surface area contributed by atoms with E-state index < -0.39 is 0 Å². The maximum atomic E-state index is 12.3. The molecule has 0 aromatic heterocycles. The van der Waals surface area contributed by atoms with Crippen molar-refractivity contribution in [2.75, 3.05) is 19.0 Å². The third-order valence-electron chi connectivity index (χ3n) is 4.39. The van der Waals surface area contributed by atoms with E-state index in [2.05, 4.69) is 16.7 Å². The number of methoxy groups -OCH3 is 1. The van der Waals surface area contributed by atoms with Crippen molar-refractivity contribution in [1.29, 1.82) is 0 Å². The second kappa shape index (κ2) is 5.94. The van der Waals surface area contributed by atoms with Crippen LogP contribution >= 0.6 is 0 Å². The highest BCUT2D eigenvalue weighted by atomic mass is 16.5. The molecule has 1 amide bonds. The fraction of sp³-hybridized carbons (Fsp3) is 0.562. The molecule has 108 valence electrons. The number of rotatable bonds is 3. The van der Waals surface area contributed by atoms with Crippen LogP contribution in [0.15, 0.2) is 18.2 Å². The summed E-state index contributed by atoms with van der Waals surface area (Å²) in [4.78, 5) is 12.3. The maximum absolute atomic E-state index is 12.3. The van der Waals surface area contributed by atoms with Gasteiger partial charge in [0.25, 0.3) is 0 Å².